The Morgan fingerprint density at radius 2 is 2.05 bits per heavy atom. The average molecular weight is 622 g/mol. The normalized spacial score (nSPS) is 23.8. The fourth-order valence-corrected chi connectivity index (χ4v) is 6.54. The number of nitrogens with one attached hydrogen (secondary N) is 2. The molecule has 4 atom stereocenters. The molecule has 0 aliphatic carbocycles. The molecular weight excluding hydrogens is 592 g/mol. The van der Waals surface area contributed by atoms with Crippen LogP contribution in [0.5, 0.6) is 0 Å². The van der Waals surface area contributed by atoms with Crippen LogP contribution in [0.1, 0.15) is 47.4 Å². The molecule has 224 valence electrons. The fourth-order valence-electron chi connectivity index (χ4n) is 4.78. The molecule has 42 heavy (non-hydrogen) atoms. The molecule has 0 bridgehead atoms. The van der Waals surface area contributed by atoms with Crippen molar-refractivity contribution >= 4 is 51.1 Å². The third kappa shape index (κ3) is 6.37. The summed E-state index contributed by atoms with van der Waals surface area (Å²) in [6.45, 7) is 7.52. The summed E-state index contributed by atoms with van der Waals surface area (Å²) < 4.78 is 49.4. The van der Waals surface area contributed by atoms with Crippen LogP contribution in [0, 0.1) is 12.7 Å². The fraction of sp³-hybridized carbons (Fsp3) is 0.357. The molecule has 1 fully saturated rings. The van der Waals surface area contributed by atoms with E-state index < -0.39 is 51.7 Å². The first-order valence-corrected chi connectivity index (χ1v) is 14.9. The number of alkyl halides is 1. The summed E-state index contributed by atoms with van der Waals surface area (Å²) in [7, 11) is -3.23. The van der Waals surface area contributed by atoms with Crippen molar-refractivity contribution in [1.29, 1.82) is 0 Å². The van der Waals surface area contributed by atoms with E-state index in [0.29, 0.717) is 11.3 Å². The van der Waals surface area contributed by atoms with E-state index in [2.05, 4.69) is 21.0 Å². The Labute approximate surface area is 247 Å². The number of allylic oxidation sites excluding steroid dienone is 1. The minimum absolute atomic E-state index is 0.0375. The number of carbonyl (C=O) groups excluding carboxylic acids is 4. The van der Waals surface area contributed by atoms with Gasteiger partial charge in [0, 0.05) is 41.5 Å². The molecule has 14 heteroatoms. The molecule has 0 spiro atoms. The maximum absolute atomic E-state index is 14.4. The standard InChI is InChI=1S/C28H30ClF2N5O5S/c1-15(42(41)33-16(2)27(39)34-42)8-9-21-17(3)35(13-22(21)18(4)37)14-25(38)36-12-20(30)10-24(36)28(40)32-11-19-6-5-7-23(29)26(19)31/h5-9,13,16,20,24H,1,10-12,14H2,2-4H3,(H,32,40)(H,33,34,39,41)/b9-8-/t16-,20+,24-,42?/m0/s1. The van der Waals surface area contributed by atoms with Gasteiger partial charge in [0.15, 0.2) is 5.78 Å². The number of aromatic nitrogens is 1. The first-order valence-electron chi connectivity index (χ1n) is 13.0. The summed E-state index contributed by atoms with van der Waals surface area (Å²) in [5.41, 5.74) is 1.35. The third-order valence-corrected chi connectivity index (χ3v) is 9.40. The minimum Gasteiger partial charge on any atom is -0.350 e. The third-order valence-electron chi connectivity index (χ3n) is 7.16. The molecule has 0 radical (unpaired) electrons. The molecule has 1 aromatic carbocycles. The lowest BCUT2D eigenvalue weighted by Gasteiger charge is -2.24. The van der Waals surface area contributed by atoms with Gasteiger partial charge in [-0.25, -0.2) is 17.7 Å². The first kappa shape index (κ1) is 31.3. The number of rotatable bonds is 9. The van der Waals surface area contributed by atoms with Crippen molar-refractivity contribution in [2.24, 2.45) is 4.36 Å². The summed E-state index contributed by atoms with van der Waals surface area (Å²) >= 11 is 5.79. The van der Waals surface area contributed by atoms with Crippen LogP contribution in [0.25, 0.3) is 6.08 Å². The van der Waals surface area contributed by atoms with E-state index in [4.69, 9.17) is 11.6 Å². The Bertz CT molecular complexity index is 1640. The Kier molecular flexibility index (Phi) is 9.14. The molecule has 0 saturated carbocycles. The summed E-state index contributed by atoms with van der Waals surface area (Å²) in [6.07, 6.45) is 2.73. The van der Waals surface area contributed by atoms with E-state index in [0.717, 1.165) is 4.90 Å². The first-order chi connectivity index (χ1) is 19.7. The highest BCUT2D eigenvalue weighted by molar-refractivity contribution is 7.96. The van der Waals surface area contributed by atoms with Gasteiger partial charge in [0.2, 0.25) is 11.8 Å². The number of likely N-dealkylation sites (tertiary alicyclic amines) is 1. The van der Waals surface area contributed by atoms with Crippen LogP contribution in [-0.4, -0.2) is 62.0 Å². The maximum Gasteiger partial charge on any atom is 0.272 e. The van der Waals surface area contributed by atoms with Gasteiger partial charge in [-0.2, -0.15) is 0 Å². The molecule has 1 unspecified atom stereocenters. The lowest BCUT2D eigenvalue weighted by atomic mass is 10.1. The molecule has 4 rings (SSSR count). The van der Waals surface area contributed by atoms with Gasteiger partial charge in [-0.3, -0.25) is 19.2 Å². The summed E-state index contributed by atoms with van der Waals surface area (Å²) in [5.74, 6) is -2.72. The monoisotopic (exact) mass is 621 g/mol. The zero-order chi connectivity index (χ0) is 30.9. The Balaban J connectivity index is 1.51. The van der Waals surface area contributed by atoms with Crippen LogP contribution < -0.4 is 10.0 Å². The van der Waals surface area contributed by atoms with Crippen LogP contribution >= 0.6 is 11.6 Å². The number of ketones is 1. The molecule has 2 aliphatic heterocycles. The quantitative estimate of drug-likeness (QED) is 0.327. The van der Waals surface area contributed by atoms with Crippen LogP contribution in [0.2, 0.25) is 5.02 Å². The molecule has 3 amide bonds. The van der Waals surface area contributed by atoms with Gasteiger partial charge in [-0.15, -0.1) is 4.36 Å². The second kappa shape index (κ2) is 12.3. The number of hydrogen-bond donors (Lipinski definition) is 2. The van der Waals surface area contributed by atoms with Crippen LogP contribution in [-0.2, 0) is 37.4 Å². The van der Waals surface area contributed by atoms with Gasteiger partial charge >= 0.3 is 0 Å². The zero-order valence-electron chi connectivity index (χ0n) is 23.2. The van der Waals surface area contributed by atoms with E-state index in [9.17, 15) is 32.2 Å². The van der Waals surface area contributed by atoms with Crippen LogP contribution in [0.3, 0.4) is 0 Å². The van der Waals surface area contributed by atoms with E-state index >= 15 is 0 Å². The van der Waals surface area contributed by atoms with E-state index in [1.54, 1.807) is 6.92 Å². The van der Waals surface area contributed by atoms with Gasteiger partial charge in [-0.05, 0) is 32.9 Å². The van der Waals surface area contributed by atoms with Crippen molar-refractivity contribution in [3.05, 3.63) is 75.2 Å². The SMILES string of the molecule is C=C(/C=C\c1c(C(C)=O)cn(CC(=O)N2C[C@H](F)C[C@H]2C(=O)NCc2cccc(Cl)c2F)c1C)S1(=O)=NC(=O)[C@H](C)N1. The van der Waals surface area contributed by atoms with Gasteiger partial charge in [0.1, 0.15) is 34.5 Å². The highest BCUT2D eigenvalue weighted by Gasteiger charge is 2.40. The van der Waals surface area contributed by atoms with Crippen LogP contribution in [0.4, 0.5) is 8.78 Å². The number of halogens is 3. The topological polar surface area (TPSA) is 130 Å². The van der Waals surface area contributed by atoms with Gasteiger partial charge in [0.25, 0.3) is 5.91 Å². The molecule has 10 nitrogen and oxygen atoms in total. The molecule has 1 aromatic heterocycles. The smallest absolute Gasteiger partial charge is 0.272 e. The molecule has 1 saturated heterocycles. The highest BCUT2D eigenvalue weighted by atomic mass is 35.5. The molecule has 2 aromatic rings. The lowest BCUT2D eigenvalue weighted by molar-refractivity contribution is -0.139. The Hall–Kier alpha value is -3.68. The van der Waals surface area contributed by atoms with Crippen molar-refractivity contribution in [2.75, 3.05) is 6.54 Å². The molecular formula is C28H30ClF2N5O5S. The summed E-state index contributed by atoms with van der Waals surface area (Å²) in [4.78, 5) is 51.6. The van der Waals surface area contributed by atoms with E-state index in [-0.39, 0.29) is 52.9 Å². The predicted molar refractivity (Wildman–Crippen MR) is 154 cm³/mol. The second-order valence-electron chi connectivity index (χ2n) is 10.1. The van der Waals surface area contributed by atoms with Crippen molar-refractivity contribution < 1.29 is 32.2 Å². The van der Waals surface area contributed by atoms with Crippen molar-refractivity contribution in [3.8, 4) is 0 Å². The van der Waals surface area contributed by atoms with Crippen molar-refractivity contribution in [2.45, 2.75) is 58.5 Å². The zero-order valence-corrected chi connectivity index (χ0v) is 24.7. The molecule has 3 heterocycles. The molecule has 2 N–H and O–H groups in total. The number of carbonyl (C=O) groups is 4. The Morgan fingerprint density at radius 1 is 1.33 bits per heavy atom. The number of nitrogens with zero attached hydrogens (tertiary/aromatic N) is 3. The summed E-state index contributed by atoms with van der Waals surface area (Å²) in [6, 6.07) is 2.54. The largest absolute Gasteiger partial charge is 0.350 e. The number of hydrogen-bond acceptors (Lipinski definition) is 5. The van der Waals surface area contributed by atoms with E-state index in [1.165, 1.54) is 55.0 Å². The number of benzene rings is 1. The predicted octanol–water partition coefficient (Wildman–Crippen LogP) is 3.48. The van der Waals surface area contributed by atoms with Crippen molar-refractivity contribution in [1.82, 2.24) is 19.5 Å². The minimum atomic E-state index is -3.23. The van der Waals surface area contributed by atoms with Gasteiger partial charge in [0.05, 0.1) is 22.5 Å². The van der Waals surface area contributed by atoms with Gasteiger partial charge < -0.3 is 14.8 Å². The summed E-state index contributed by atoms with van der Waals surface area (Å²) in [5, 5.41) is 2.45. The number of Topliss-reactive ketones (excluding diaryl/α,β-unsaturated/α-hetero) is 1. The van der Waals surface area contributed by atoms with Gasteiger partial charge in [-0.1, -0.05) is 36.4 Å². The average Bonchev–Trinajstić information content (AvgIpc) is 3.56. The number of amides is 3. The van der Waals surface area contributed by atoms with Crippen LogP contribution in [0.15, 0.2) is 46.3 Å². The Morgan fingerprint density at radius 3 is 2.69 bits per heavy atom. The second-order valence-corrected chi connectivity index (χ2v) is 12.5. The maximum atomic E-state index is 14.4. The van der Waals surface area contributed by atoms with E-state index in [1.807, 2.05) is 0 Å². The highest BCUT2D eigenvalue weighted by Crippen LogP contribution is 2.25. The molecule has 2 aliphatic rings. The lowest BCUT2D eigenvalue weighted by Crippen LogP contribution is -2.46. The van der Waals surface area contributed by atoms with Crippen molar-refractivity contribution in [3.63, 3.8) is 0 Å².